The van der Waals surface area contributed by atoms with Gasteiger partial charge < -0.3 is 10.8 Å². The molecule has 0 radical (unpaired) electrons. The number of carboxylic acid groups (broad SMARTS) is 1. The van der Waals surface area contributed by atoms with Crippen LogP contribution in [0.25, 0.3) is 0 Å². The molecule has 0 saturated heterocycles. The SMILES string of the molecule is Cc1ccccc1C(C)(CN)C(=O)O. The summed E-state index contributed by atoms with van der Waals surface area (Å²) in [6, 6.07) is 7.43. The highest BCUT2D eigenvalue weighted by Gasteiger charge is 2.34. The van der Waals surface area contributed by atoms with E-state index in [-0.39, 0.29) is 6.54 Å². The number of aryl methyl sites for hydroxylation is 1. The molecular formula is C11H15NO2. The van der Waals surface area contributed by atoms with Crippen LogP contribution in [0.15, 0.2) is 24.3 Å². The molecule has 0 aliphatic heterocycles. The second-order valence-corrected chi connectivity index (χ2v) is 3.66. The normalized spacial score (nSPS) is 14.8. The first-order chi connectivity index (χ1) is 6.52. The van der Waals surface area contributed by atoms with Crippen molar-refractivity contribution in [3.05, 3.63) is 35.4 Å². The number of hydrogen-bond donors (Lipinski definition) is 2. The summed E-state index contributed by atoms with van der Waals surface area (Å²) >= 11 is 0. The zero-order valence-corrected chi connectivity index (χ0v) is 8.45. The van der Waals surface area contributed by atoms with Crippen molar-refractivity contribution in [2.24, 2.45) is 5.73 Å². The van der Waals surface area contributed by atoms with Crippen LogP contribution in [0, 0.1) is 6.92 Å². The lowest BCUT2D eigenvalue weighted by atomic mass is 9.80. The topological polar surface area (TPSA) is 63.3 Å². The Balaban J connectivity index is 3.26. The molecule has 0 aliphatic rings. The standard InChI is InChI=1S/C11H15NO2/c1-8-5-3-4-6-9(8)11(2,7-12)10(13)14/h3-6H,7,12H2,1-2H3,(H,13,14). The van der Waals surface area contributed by atoms with Gasteiger partial charge in [0.05, 0.1) is 0 Å². The second-order valence-electron chi connectivity index (χ2n) is 3.66. The zero-order valence-electron chi connectivity index (χ0n) is 8.45. The summed E-state index contributed by atoms with van der Waals surface area (Å²) in [5, 5.41) is 9.13. The van der Waals surface area contributed by atoms with Gasteiger partial charge in [0.15, 0.2) is 0 Å². The van der Waals surface area contributed by atoms with Gasteiger partial charge in [-0.05, 0) is 25.0 Å². The van der Waals surface area contributed by atoms with Crippen LogP contribution in [0.5, 0.6) is 0 Å². The van der Waals surface area contributed by atoms with Crippen molar-refractivity contribution in [1.29, 1.82) is 0 Å². The number of hydrogen-bond acceptors (Lipinski definition) is 2. The van der Waals surface area contributed by atoms with E-state index in [1.54, 1.807) is 6.92 Å². The molecule has 0 saturated carbocycles. The van der Waals surface area contributed by atoms with Crippen molar-refractivity contribution in [2.45, 2.75) is 19.3 Å². The van der Waals surface area contributed by atoms with E-state index in [1.165, 1.54) is 0 Å². The van der Waals surface area contributed by atoms with Gasteiger partial charge in [0.2, 0.25) is 0 Å². The molecule has 0 amide bonds. The van der Waals surface area contributed by atoms with Gasteiger partial charge in [-0.1, -0.05) is 24.3 Å². The van der Waals surface area contributed by atoms with Gasteiger partial charge in [-0.2, -0.15) is 0 Å². The minimum Gasteiger partial charge on any atom is -0.481 e. The summed E-state index contributed by atoms with van der Waals surface area (Å²) in [4.78, 5) is 11.1. The minimum absolute atomic E-state index is 0.104. The maximum Gasteiger partial charge on any atom is 0.315 e. The monoisotopic (exact) mass is 193 g/mol. The number of carbonyl (C=O) groups is 1. The van der Waals surface area contributed by atoms with E-state index in [9.17, 15) is 4.79 Å². The molecule has 0 fully saturated rings. The fourth-order valence-corrected chi connectivity index (χ4v) is 1.50. The van der Waals surface area contributed by atoms with E-state index in [0.29, 0.717) is 0 Å². The van der Waals surface area contributed by atoms with Crippen molar-refractivity contribution < 1.29 is 9.90 Å². The van der Waals surface area contributed by atoms with E-state index >= 15 is 0 Å². The first kappa shape index (κ1) is 10.7. The lowest BCUT2D eigenvalue weighted by Gasteiger charge is -2.25. The predicted molar refractivity (Wildman–Crippen MR) is 55.2 cm³/mol. The first-order valence-electron chi connectivity index (χ1n) is 4.52. The van der Waals surface area contributed by atoms with Crippen LogP contribution in [-0.4, -0.2) is 17.6 Å². The van der Waals surface area contributed by atoms with Gasteiger partial charge in [0.1, 0.15) is 5.41 Å². The molecule has 0 aromatic heterocycles. The summed E-state index contributed by atoms with van der Waals surface area (Å²) in [7, 11) is 0. The first-order valence-corrected chi connectivity index (χ1v) is 4.52. The molecular weight excluding hydrogens is 178 g/mol. The Labute approximate surface area is 83.6 Å². The Morgan fingerprint density at radius 3 is 2.50 bits per heavy atom. The van der Waals surface area contributed by atoms with Gasteiger partial charge >= 0.3 is 5.97 Å². The van der Waals surface area contributed by atoms with E-state index in [4.69, 9.17) is 10.8 Å². The van der Waals surface area contributed by atoms with Crippen molar-refractivity contribution in [3.8, 4) is 0 Å². The molecule has 3 heteroatoms. The maximum absolute atomic E-state index is 11.1. The Kier molecular flexibility index (Phi) is 2.91. The zero-order chi connectivity index (χ0) is 10.8. The van der Waals surface area contributed by atoms with E-state index < -0.39 is 11.4 Å². The van der Waals surface area contributed by atoms with Gasteiger partial charge in [0.25, 0.3) is 0 Å². The molecule has 1 atom stereocenters. The molecule has 3 nitrogen and oxygen atoms in total. The fourth-order valence-electron chi connectivity index (χ4n) is 1.50. The number of rotatable bonds is 3. The van der Waals surface area contributed by atoms with Crippen LogP contribution < -0.4 is 5.73 Å². The molecule has 1 unspecified atom stereocenters. The quantitative estimate of drug-likeness (QED) is 0.760. The predicted octanol–water partition coefficient (Wildman–Crippen LogP) is 1.30. The van der Waals surface area contributed by atoms with E-state index in [2.05, 4.69) is 0 Å². The van der Waals surface area contributed by atoms with Crippen molar-refractivity contribution in [3.63, 3.8) is 0 Å². The van der Waals surface area contributed by atoms with Gasteiger partial charge in [-0.25, -0.2) is 0 Å². The van der Waals surface area contributed by atoms with Crippen LogP contribution in [0.3, 0.4) is 0 Å². The third-order valence-electron chi connectivity index (χ3n) is 2.62. The molecule has 0 bridgehead atoms. The largest absolute Gasteiger partial charge is 0.481 e. The third kappa shape index (κ3) is 1.63. The van der Waals surface area contributed by atoms with Crippen LogP contribution in [-0.2, 0) is 10.2 Å². The van der Waals surface area contributed by atoms with Gasteiger partial charge in [-0.15, -0.1) is 0 Å². The van der Waals surface area contributed by atoms with E-state index in [1.807, 2.05) is 31.2 Å². The highest BCUT2D eigenvalue weighted by atomic mass is 16.4. The number of nitrogens with two attached hydrogens (primary N) is 1. The Morgan fingerprint density at radius 2 is 2.07 bits per heavy atom. The maximum atomic E-state index is 11.1. The molecule has 0 spiro atoms. The Morgan fingerprint density at radius 1 is 1.50 bits per heavy atom. The molecule has 1 aromatic carbocycles. The Bertz CT molecular complexity index is 349. The summed E-state index contributed by atoms with van der Waals surface area (Å²) in [5.41, 5.74) is 6.30. The summed E-state index contributed by atoms with van der Waals surface area (Å²) in [5.74, 6) is -0.880. The van der Waals surface area contributed by atoms with Crippen LogP contribution in [0.4, 0.5) is 0 Å². The smallest absolute Gasteiger partial charge is 0.315 e. The van der Waals surface area contributed by atoms with Crippen molar-refractivity contribution >= 4 is 5.97 Å². The average molecular weight is 193 g/mol. The van der Waals surface area contributed by atoms with Gasteiger partial charge in [0, 0.05) is 6.54 Å². The minimum atomic E-state index is -0.981. The van der Waals surface area contributed by atoms with Gasteiger partial charge in [-0.3, -0.25) is 4.79 Å². The number of aliphatic carboxylic acids is 1. The molecule has 3 N–H and O–H groups in total. The summed E-state index contributed by atoms with van der Waals surface area (Å²) in [6.07, 6.45) is 0. The molecule has 1 aromatic rings. The Hall–Kier alpha value is -1.35. The number of benzene rings is 1. The fraction of sp³-hybridized carbons (Fsp3) is 0.364. The van der Waals surface area contributed by atoms with Crippen LogP contribution in [0.2, 0.25) is 0 Å². The molecule has 0 heterocycles. The summed E-state index contributed by atoms with van der Waals surface area (Å²) in [6.45, 7) is 3.65. The van der Waals surface area contributed by atoms with Crippen molar-refractivity contribution in [2.75, 3.05) is 6.54 Å². The lowest BCUT2D eigenvalue weighted by Crippen LogP contribution is -2.40. The average Bonchev–Trinajstić information content (AvgIpc) is 2.17. The third-order valence-corrected chi connectivity index (χ3v) is 2.62. The highest BCUT2D eigenvalue weighted by Crippen LogP contribution is 2.25. The molecule has 76 valence electrons. The highest BCUT2D eigenvalue weighted by molar-refractivity contribution is 5.81. The van der Waals surface area contributed by atoms with Crippen LogP contribution in [0.1, 0.15) is 18.1 Å². The second kappa shape index (κ2) is 3.80. The number of carboxylic acids is 1. The molecule has 0 aliphatic carbocycles. The summed E-state index contributed by atoms with van der Waals surface area (Å²) < 4.78 is 0. The molecule has 1 rings (SSSR count). The van der Waals surface area contributed by atoms with Crippen molar-refractivity contribution in [1.82, 2.24) is 0 Å². The van der Waals surface area contributed by atoms with Crippen LogP contribution >= 0.6 is 0 Å². The van der Waals surface area contributed by atoms with E-state index in [0.717, 1.165) is 11.1 Å². The molecule has 14 heavy (non-hydrogen) atoms. The lowest BCUT2D eigenvalue weighted by molar-refractivity contribution is -0.142.